The van der Waals surface area contributed by atoms with Crippen molar-refractivity contribution < 1.29 is 23.9 Å². The Morgan fingerprint density at radius 3 is 2.14 bits per heavy atom. The molecule has 2 aromatic rings. The fraction of sp³-hybridized carbons (Fsp3) is 0.318. The first-order chi connectivity index (χ1) is 13.9. The van der Waals surface area contributed by atoms with Crippen molar-refractivity contribution in [2.75, 3.05) is 14.2 Å². The number of para-hydroxylation sites is 1. The van der Waals surface area contributed by atoms with Crippen LogP contribution in [0.2, 0.25) is 0 Å². The molecule has 0 unspecified atom stereocenters. The molecule has 0 radical (unpaired) electrons. The van der Waals surface area contributed by atoms with Gasteiger partial charge in [0, 0.05) is 19.8 Å². The molecule has 0 aromatic heterocycles. The van der Waals surface area contributed by atoms with E-state index in [1.807, 2.05) is 48.5 Å². The van der Waals surface area contributed by atoms with Gasteiger partial charge in [-0.25, -0.2) is 4.79 Å². The zero-order chi connectivity index (χ0) is 21.2. The number of hydrogen-bond acceptors (Lipinski definition) is 5. The van der Waals surface area contributed by atoms with Gasteiger partial charge in [-0.2, -0.15) is 0 Å². The van der Waals surface area contributed by atoms with Gasteiger partial charge in [0.15, 0.2) is 0 Å². The lowest BCUT2D eigenvalue weighted by Gasteiger charge is -2.22. The Hall–Kier alpha value is -3.35. The van der Waals surface area contributed by atoms with E-state index in [9.17, 15) is 14.4 Å². The summed E-state index contributed by atoms with van der Waals surface area (Å²) in [7, 11) is 2.80. The first-order valence-electron chi connectivity index (χ1n) is 9.25. The van der Waals surface area contributed by atoms with E-state index in [0.717, 1.165) is 11.1 Å². The Balaban J connectivity index is 2.19. The van der Waals surface area contributed by atoms with Gasteiger partial charge in [0.2, 0.25) is 11.8 Å². The Morgan fingerprint density at radius 1 is 0.862 bits per heavy atom. The summed E-state index contributed by atoms with van der Waals surface area (Å²) >= 11 is 0. The largest absolute Gasteiger partial charge is 0.496 e. The molecule has 0 saturated heterocycles. The number of methoxy groups -OCH3 is 2. The normalized spacial score (nSPS) is 12.4. The van der Waals surface area contributed by atoms with Gasteiger partial charge in [0.05, 0.1) is 14.2 Å². The second-order valence-electron chi connectivity index (χ2n) is 6.54. The van der Waals surface area contributed by atoms with Gasteiger partial charge in [-0.15, -0.1) is 0 Å². The molecular weight excluding hydrogens is 372 g/mol. The SMILES string of the molecule is COC(=O)[C@@H](Cc1ccccc1OC)NC(=O)[C@@H](Cc1ccccc1)NC(C)=O. The fourth-order valence-corrected chi connectivity index (χ4v) is 3.00. The van der Waals surface area contributed by atoms with Crippen LogP contribution in [0.15, 0.2) is 54.6 Å². The van der Waals surface area contributed by atoms with Crippen LogP contribution in [0.3, 0.4) is 0 Å². The highest BCUT2D eigenvalue weighted by Crippen LogP contribution is 2.19. The first-order valence-corrected chi connectivity index (χ1v) is 9.25. The number of hydrogen-bond donors (Lipinski definition) is 2. The van der Waals surface area contributed by atoms with Gasteiger partial charge < -0.3 is 20.1 Å². The van der Waals surface area contributed by atoms with Crippen LogP contribution in [0, 0.1) is 0 Å². The summed E-state index contributed by atoms with van der Waals surface area (Å²) in [5.41, 5.74) is 1.64. The number of amides is 2. The molecule has 0 spiro atoms. The topological polar surface area (TPSA) is 93.7 Å². The smallest absolute Gasteiger partial charge is 0.328 e. The fourth-order valence-electron chi connectivity index (χ4n) is 3.00. The summed E-state index contributed by atoms with van der Waals surface area (Å²) in [5, 5.41) is 5.36. The monoisotopic (exact) mass is 398 g/mol. The van der Waals surface area contributed by atoms with Crippen LogP contribution in [0.1, 0.15) is 18.1 Å². The third-order valence-electron chi connectivity index (χ3n) is 4.40. The lowest BCUT2D eigenvalue weighted by molar-refractivity contribution is -0.145. The molecule has 0 aliphatic heterocycles. The van der Waals surface area contributed by atoms with E-state index in [1.165, 1.54) is 21.1 Å². The lowest BCUT2D eigenvalue weighted by atomic mass is 10.0. The summed E-state index contributed by atoms with van der Waals surface area (Å²) in [6, 6.07) is 14.8. The molecule has 2 N–H and O–H groups in total. The molecular formula is C22H26N2O5. The summed E-state index contributed by atoms with van der Waals surface area (Å²) in [4.78, 5) is 36.8. The summed E-state index contributed by atoms with van der Waals surface area (Å²) in [6.07, 6.45) is 0.495. The molecule has 0 heterocycles. The average molecular weight is 398 g/mol. The number of rotatable bonds is 9. The van der Waals surface area contributed by atoms with Crippen molar-refractivity contribution in [1.29, 1.82) is 0 Å². The predicted molar refractivity (Wildman–Crippen MR) is 108 cm³/mol. The molecule has 7 nitrogen and oxygen atoms in total. The Bertz CT molecular complexity index is 838. The van der Waals surface area contributed by atoms with Crippen LogP contribution >= 0.6 is 0 Å². The molecule has 154 valence electrons. The molecule has 2 atom stereocenters. The maximum absolute atomic E-state index is 12.9. The molecule has 0 aliphatic rings. The number of ether oxygens (including phenoxy) is 2. The molecule has 0 aliphatic carbocycles. The van der Waals surface area contributed by atoms with Crippen molar-refractivity contribution in [3.8, 4) is 5.75 Å². The van der Waals surface area contributed by atoms with E-state index in [-0.39, 0.29) is 12.3 Å². The van der Waals surface area contributed by atoms with Crippen molar-refractivity contribution in [3.63, 3.8) is 0 Å². The van der Waals surface area contributed by atoms with Gasteiger partial charge >= 0.3 is 5.97 Å². The minimum atomic E-state index is -0.921. The van der Waals surface area contributed by atoms with E-state index < -0.39 is 24.0 Å². The Morgan fingerprint density at radius 2 is 1.52 bits per heavy atom. The summed E-state index contributed by atoms with van der Waals surface area (Å²) < 4.78 is 10.2. The van der Waals surface area contributed by atoms with Crippen molar-refractivity contribution in [2.45, 2.75) is 31.8 Å². The summed E-state index contributed by atoms with van der Waals surface area (Å²) in [6.45, 7) is 1.35. The van der Waals surface area contributed by atoms with Crippen molar-refractivity contribution in [1.82, 2.24) is 10.6 Å². The van der Waals surface area contributed by atoms with Crippen LogP contribution in [0.4, 0.5) is 0 Å². The number of carbonyl (C=O) groups is 3. The van der Waals surface area contributed by atoms with E-state index in [2.05, 4.69) is 10.6 Å². The number of esters is 1. The van der Waals surface area contributed by atoms with Crippen LogP contribution < -0.4 is 15.4 Å². The first kappa shape index (κ1) is 21.9. The third-order valence-corrected chi connectivity index (χ3v) is 4.40. The quantitative estimate of drug-likeness (QED) is 0.627. The highest BCUT2D eigenvalue weighted by molar-refractivity contribution is 5.90. The highest BCUT2D eigenvalue weighted by atomic mass is 16.5. The number of nitrogens with one attached hydrogen (secondary N) is 2. The molecule has 0 fully saturated rings. The minimum Gasteiger partial charge on any atom is -0.496 e. The molecule has 0 bridgehead atoms. The number of benzene rings is 2. The third kappa shape index (κ3) is 6.64. The second-order valence-corrected chi connectivity index (χ2v) is 6.54. The van der Waals surface area contributed by atoms with E-state index >= 15 is 0 Å². The standard InChI is InChI=1S/C22H26N2O5/c1-15(25)23-18(13-16-9-5-4-6-10-16)21(26)24-19(22(27)29-3)14-17-11-7-8-12-20(17)28-2/h4-12,18-19H,13-14H2,1-3H3,(H,23,25)(H,24,26)/t18-,19-/m1/s1. The molecule has 29 heavy (non-hydrogen) atoms. The number of carbonyl (C=O) groups excluding carboxylic acids is 3. The highest BCUT2D eigenvalue weighted by Gasteiger charge is 2.28. The van der Waals surface area contributed by atoms with Gasteiger partial charge in [-0.3, -0.25) is 9.59 Å². The van der Waals surface area contributed by atoms with Gasteiger partial charge in [-0.05, 0) is 17.2 Å². The van der Waals surface area contributed by atoms with Crippen LogP contribution in [0.25, 0.3) is 0 Å². The van der Waals surface area contributed by atoms with E-state index in [4.69, 9.17) is 9.47 Å². The van der Waals surface area contributed by atoms with Gasteiger partial charge in [0.1, 0.15) is 17.8 Å². The van der Waals surface area contributed by atoms with E-state index in [0.29, 0.717) is 12.2 Å². The molecule has 0 saturated carbocycles. The Kier molecular flexibility index (Phi) is 8.21. The second kappa shape index (κ2) is 10.8. The lowest BCUT2D eigenvalue weighted by Crippen LogP contribution is -2.53. The van der Waals surface area contributed by atoms with Gasteiger partial charge in [-0.1, -0.05) is 48.5 Å². The van der Waals surface area contributed by atoms with Crippen molar-refractivity contribution in [2.24, 2.45) is 0 Å². The molecule has 2 rings (SSSR count). The molecule has 2 aromatic carbocycles. The minimum absolute atomic E-state index is 0.195. The maximum Gasteiger partial charge on any atom is 0.328 e. The van der Waals surface area contributed by atoms with E-state index in [1.54, 1.807) is 6.07 Å². The zero-order valence-corrected chi connectivity index (χ0v) is 16.8. The van der Waals surface area contributed by atoms with Crippen LogP contribution in [-0.4, -0.2) is 44.1 Å². The van der Waals surface area contributed by atoms with Crippen LogP contribution in [0.5, 0.6) is 5.75 Å². The molecule has 7 heteroatoms. The maximum atomic E-state index is 12.9. The average Bonchev–Trinajstić information content (AvgIpc) is 2.73. The van der Waals surface area contributed by atoms with Crippen molar-refractivity contribution >= 4 is 17.8 Å². The van der Waals surface area contributed by atoms with Gasteiger partial charge in [0.25, 0.3) is 0 Å². The predicted octanol–water partition coefficient (Wildman–Crippen LogP) is 1.64. The van der Waals surface area contributed by atoms with Crippen LogP contribution in [-0.2, 0) is 32.0 Å². The zero-order valence-electron chi connectivity index (χ0n) is 16.8. The summed E-state index contributed by atoms with van der Waals surface area (Å²) in [5.74, 6) is -0.765. The van der Waals surface area contributed by atoms with Crippen molar-refractivity contribution in [3.05, 3.63) is 65.7 Å². The Labute approximate surface area is 170 Å². The molecule has 2 amide bonds.